The zero-order chi connectivity index (χ0) is 23.1. The Balaban J connectivity index is 0.00000119. The number of carbonyl (C=O) groups is 2. The van der Waals surface area contributed by atoms with Gasteiger partial charge in [0.25, 0.3) is 0 Å². The average Bonchev–Trinajstić information content (AvgIpc) is 3.15. The summed E-state index contributed by atoms with van der Waals surface area (Å²) in [6, 6.07) is 0.554. The number of allylic oxidation sites excluding steroid dienone is 2. The number of hydrogen-bond acceptors (Lipinski definition) is 3. The second-order valence-electron chi connectivity index (χ2n) is 8.66. The fourth-order valence-corrected chi connectivity index (χ4v) is 6.34. The standard InChI is InChI=1S/C21H29NO2.C2H4.2C2H2.H2O/c1-4-19(24)17-7-6-16-18-8-5-14-13-15(23)9-10-21(14,3)22(18)12-11-20(16,17)2;3*1-2;/h9-10,13,16-18H,4-8,11-12H2,1-3H3;1-2H2;2*1-2H;1H2/t16?,17?,18-,20-,21-;;;;/m0..../s1. The van der Waals surface area contributed by atoms with Gasteiger partial charge in [0, 0.05) is 24.9 Å². The zero-order valence-electron chi connectivity index (χ0n) is 19.4. The van der Waals surface area contributed by atoms with Crippen LogP contribution in [0.3, 0.4) is 0 Å². The minimum atomic E-state index is -0.0923. The number of ketones is 2. The first kappa shape index (κ1) is 28.6. The van der Waals surface area contributed by atoms with E-state index in [1.165, 1.54) is 12.0 Å². The van der Waals surface area contributed by atoms with Crippen molar-refractivity contribution in [2.75, 3.05) is 6.54 Å². The maximum absolute atomic E-state index is 12.5. The lowest BCUT2D eigenvalue weighted by atomic mass is 9.61. The predicted molar refractivity (Wildman–Crippen MR) is 129 cm³/mol. The number of hydrogen-bond donors (Lipinski definition) is 0. The number of carbonyl (C=O) groups excluding carboxylic acids is 2. The van der Waals surface area contributed by atoms with Crippen molar-refractivity contribution >= 4 is 11.6 Å². The molecular weight excluding hydrogens is 386 g/mol. The maximum Gasteiger partial charge on any atom is 0.178 e. The molecule has 2 saturated heterocycles. The molecule has 0 aromatic heterocycles. The molecule has 2 unspecified atom stereocenters. The van der Waals surface area contributed by atoms with Gasteiger partial charge in [0.2, 0.25) is 0 Å². The summed E-state index contributed by atoms with van der Waals surface area (Å²) >= 11 is 0. The van der Waals surface area contributed by atoms with Crippen LogP contribution < -0.4 is 0 Å². The van der Waals surface area contributed by atoms with E-state index in [0.717, 1.165) is 32.2 Å². The van der Waals surface area contributed by atoms with Crippen LogP contribution in [0.4, 0.5) is 0 Å². The second-order valence-corrected chi connectivity index (χ2v) is 8.66. The molecule has 4 rings (SSSR count). The molecule has 4 heteroatoms. The Hall–Kier alpha value is -2.40. The number of nitrogens with zero attached hydrogens (tertiary/aromatic N) is 1. The van der Waals surface area contributed by atoms with Crippen molar-refractivity contribution in [1.29, 1.82) is 0 Å². The lowest BCUT2D eigenvalue weighted by Gasteiger charge is -2.59. The molecular formula is C27H39NO3. The summed E-state index contributed by atoms with van der Waals surface area (Å²) in [5.74, 6) is 1.50. The van der Waals surface area contributed by atoms with Crippen LogP contribution in [0.5, 0.6) is 0 Å². The molecule has 0 radical (unpaired) electrons. The number of piperidine rings is 2. The SMILES string of the molecule is C#C.C#C.C=C.CCC(=O)C1CCC2[C@@H]3CCC4=CC(=O)C=C[C@]4(C)N3CC[C@]12C.O. The highest BCUT2D eigenvalue weighted by molar-refractivity contribution is 6.01. The van der Waals surface area contributed by atoms with Crippen LogP contribution in [0, 0.1) is 42.9 Å². The monoisotopic (exact) mass is 425 g/mol. The Morgan fingerprint density at radius 3 is 2.35 bits per heavy atom. The van der Waals surface area contributed by atoms with Gasteiger partial charge in [-0.15, -0.1) is 38.9 Å². The average molecular weight is 426 g/mol. The molecule has 0 bridgehead atoms. The smallest absolute Gasteiger partial charge is 0.178 e. The van der Waals surface area contributed by atoms with Gasteiger partial charge >= 0.3 is 0 Å². The van der Waals surface area contributed by atoms with Crippen LogP contribution in [0.25, 0.3) is 0 Å². The van der Waals surface area contributed by atoms with Gasteiger partial charge in [-0.1, -0.05) is 19.9 Å². The Labute approximate surface area is 189 Å². The van der Waals surface area contributed by atoms with Gasteiger partial charge in [-0.3, -0.25) is 14.5 Å². The van der Waals surface area contributed by atoms with Gasteiger partial charge in [0.05, 0.1) is 5.54 Å². The van der Waals surface area contributed by atoms with E-state index in [9.17, 15) is 9.59 Å². The molecule has 4 nitrogen and oxygen atoms in total. The predicted octanol–water partition coefficient (Wildman–Crippen LogP) is 4.17. The summed E-state index contributed by atoms with van der Waals surface area (Å²) in [4.78, 5) is 26.9. The molecule has 2 N–H and O–H groups in total. The Kier molecular flexibility index (Phi) is 10.9. The molecule has 170 valence electrons. The molecule has 2 heterocycles. The molecule has 0 amide bonds. The van der Waals surface area contributed by atoms with Gasteiger partial charge in [0.15, 0.2) is 5.78 Å². The van der Waals surface area contributed by atoms with E-state index in [4.69, 9.17) is 0 Å². The first-order valence-electron chi connectivity index (χ1n) is 10.8. The first-order chi connectivity index (χ1) is 14.4. The topological polar surface area (TPSA) is 68.9 Å². The second kappa shape index (κ2) is 11.8. The van der Waals surface area contributed by atoms with Crippen molar-refractivity contribution < 1.29 is 15.1 Å². The van der Waals surface area contributed by atoms with Gasteiger partial charge in [-0.05, 0) is 68.1 Å². The largest absolute Gasteiger partial charge is 0.412 e. The lowest BCUT2D eigenvalue weighted by Crippen LogP contribution is -2.63. The summed E-state index contributed by atoms with van der Waals surface area (Å²) in [5, 5.41) is 0. The zero-order valence-corrected chi connectivity index (χ0v) is 19.4. The summed E-state index contributed by atoms with van der Waals surface area (Å²) in [6.45, 7) is 13.7. The highest BCUT2D eigenvalue weighted by Gasteiger charge is 2.58. The fourth-order valence-electron chi connectivity index (χ4n) is 6.34. The molecule has 3 fully saturated rings. The third-order valence-electron chi connectivity index (χ3n) is 7.75. The van der Waals surface area contributed by atoms with Gasteiger partial charge < -0.3 is 5.48 Å². The van der Waals surface area contributed by atoms with Gasteiger partial charge in [-0.25, -0.2) is 0 Å². The van der Waals surface area contributed by atoms with E-state index in [-0.39, 0.29) is 28.1 Å². The van der Waals surface area contributed by atoms with Gasteiger partial charge in [0.1, 0.15) is 5.78 Å². The van der Waals surface area contributed by atoms with Crippen molar-refractivity contribution in [3.8, 4) is 25.7 Å². The molecule has 31 heavy (non-hydrogen) atoms. The van der Waals surface area contributed by atoms with Crippen LogP contribution in [0.15, 0.2) is 37.0 Å². The van der Waals surface area contributed by atoms with E-state index >= 15 is 0 Å². The van der Waals surface area contributed by atoms with Crippen LogP contribution in [0.1, 0.15) is 59.3 Å². The molecule has 4 aliphatic rings. The van der Waals surface area contributed by atoms with E-state index in [0.29, 0.717) is 24.2 Å². The molecule has 2 aliphatic heterocycles. The van der Waals surface area contributed by atoms with E-state index in [1.54, 1.807) is 6.08 Å². The molecule has 0 aromatic carbocycles. The summed E-state index contributed by atoms with van der Waals surface area (Å²) < 4.78 is 0. The third-order valence-corrected chi connectivity index (χ3v) is 7.75. The van der Waals surface area contributed by atoms with Crippen LogP contribution in [-0.4, -0.2) is 40.1 Å². The molecule has 1 saturated carbocycles. The maximum atomic E-state index is 12.5. The van der Waals surface area contributed by atoms with Crippen molar-refractivity contribution in [2.45, 2.75) is 70.9 Å². The van der Waals surface area contributed by atoms with Gasteiger partial charge in [-0.2, -0.15) is 0 Å². The van der Waals surface area contributed by atoms with Crippen molar-refractivity contribution in [1.82, 2.24) is 4.90 Å². The number of terminal acetylenes is 2. The minimum Gasteiger partial charge on any atom is -0.412 e. The van der Waals surface area contributed by atoms with E-state index in [2.05, 4.69) is 63.7 Å². The first-order valence-corrected chi connectivity index (χ1v) is 10.8. The summed E-state index contributed by atoms with van der Waals surface area (Å²) in [5.41, 5.74) is 1.37. The normalized spacial score (nSPS) is 34.7. The third kappa shape index (κ3) is 4.77. The lowest BCUT2D eigenvalue weighted by molar-refractivity contribution is -0.130. The fraction of sp³-hybridized carbons (Fsp3) is 0.556. The number of fused-ring (bicyclic) bond motifs is 5. The number of Topliss-reactive ketones (excluding diaryl/α,β-unsaturated/α-hetero) is 1. The molecule has 0 spiro atoms. The summed E-state index contributed by atoms with van der Waals surface area (Å²) in [6.07, 6.45) is 27.9. The Morgan fingerprint density at radius 2 is 1.77 bits per heavy atom. The van der Waals surface area contributed by atoms with E-state index in [1.807, 2.05) is 13.0 Å². The quantitative estimate of drug-likeness (QED) is 0.493. The number of rotatable bonds is 2. The Bertz CT molecular complexity index is 740. The summed E-state index contributed by atoms with van der Waals surface area (Å²) in [7, 11) is 0. The van der Waals surface area contributed by atoms with Crippen molar-refractivity contribution in [3.05, 3.63) is 37.0 Å². The molecule has 2 aliphatic carbocycles. The van der Waals surface area contributed by atoms with Crippen LogP contribution >= 0.6 is 0 Å². The highest BCUT2D eigenvalue weighted by Crippen LogP contribution is 2.59. The van der Waals surface area contributed by atoms with Crippen LogP contribution in [-0.2, 0) is 9.59 Å². The Morgan fingerprint density at radius 1 is 1.16 bits per heavy atom. The minimum absolute atomic E-state index is 0. The van der Waals surface area contributed by atoms with Crippen LogP contribution in [0.2, 0.25) is 0 Å². The molecule has 0 aromatic rings. The highest BCUT2D eigenvalue weighted by atomic mass is 16.1. The van der Waals surface area contributed by atoms with E-state index < -0.39 is 0 Å². The van der Waals surface area contributed by atoms with Crippen molar-refractivity contribution in [2.24, 2.45) is 17.3 Å². The molecule has 5 atom stereocenters. The van der Waals surface area contributed by atoms with Crippen molar-refractivity contribution in [3.63, 3.8) is 0 Å².